The first-order valence-electron chi connectivity index (χ1n) is 4.91. The average Bonchev–Trinajstić information content (AvgIpc) is 2.15. The van der Waals surface area contributed by atoms with Gasteiger partial charge in [0.1, 0.15) is 5.54 Å². The monoisotopic (exact) mass is 299 g/mol. The SMILES string of the molecule is CC(C)(NC(=O)c1cc(N)cc(Br)c1)C(N)=O. The van der Waals surface area contributed by atoms with Crippen molar-refractivity contribution in [2.75, 3.05) is 5.73 Å². The van der Waals surface area contributed by atoms with Crippen molar-refractivity contribution in [1.29, 1.82) is 0 Å². The van der Waals surface area contributed by atoms with E-state index < -0.39 is 17.4 Å². The predicted molar refractivity (Wildman–Crippen MR) is 69.3 cm³/mol. The van der Waals surface area contributed by atoms with E-state index in [4.69, 9.17) is 11.5 Å². The molecule has 0 spiro atoms. The molecule has 0 aliphatic rings. The summed E-state index contributed by atoms with van der Waals surface area (Å²) < 4.78 is 0.694. The summed E-state index contributed by atoms with van der Waals surface area (Å²) >= 11 is 3.24. The first kappa shape index (κ1) is 13.5. The van der Waals surface area contributed by atoms with Crippen molar-refractivity contribution in [1.82, 2.24) is 5.32 Å². The molecule has 0 bridgehead atoms. The standard InChI is InChI=1S/C11H14BrN3O2/c1-11(2,10(14)17)15-9(16)6-3-7(12)5-8(13)4-6/h3-5H,13H2,1-2H3,(H2,14,17)(H,15,16). The van der Waals surface area contributed by atoms with Crippen LogP contribution in [-0.4, -0.2) is 17.4 Å². The van der Waals surface area contributed by atoms with Crippen LogP contribution in [0.3, 0.4) is 0 Å². The van der Waals surface area contributed by atoms with E-state index in [0.29, 0.717) is 15.7 Å². The highest BCUT2D eigenvalue weighted by Gasteiger charge is 2.27. The summed E-state index contributed by atoms with van der Waals surface area (Å²) in [6.45, 7) is 3.07. The third-order valence-electron chi connectivity index (χ3n) is 2.22. The van der Waals surface area contributed by atoms with Crippen molar-refractivity contribution in [2.45, 2.75) is 19.4 Å². The fourth-order valence-corrected chi connectivity index (χ4v) is 1.67. The van der Waals surface area contributed by atoms with Gasteiger partial charge in [-0.05, 0) is 32.0 Å². The smallest absolute Gasteiger partial charge is 0.252 e. The highest BCUT2D eigenvalue weighted by atomic mass is 79.9. The molecule has 0 aliphatic heterocycles. The van der Waals surface area contributed by atoms with Crippen LogP contribution >= 0.6 is 15.9 Å². The molecule has 0 heterocycles. The molecule has 5 nitrogen and oxygen atoms in total. The maximum atomic E-state index is 11.9. The van der Waals surface area contributed by atoms with E-state index in [1.54, 1.807) is 12.1 Å². The van der Waals surface area contributed by atoms with Crippen molar-refractivity contribution >= 4 is 33.4 Å². The number of carbonyl (C=O) groups is 2. The van der Waals surface area contributed by atoms with Gasteiger partial charge in [-0.2, -0.15) is 0 Å². The van der Waals surface area contributed by atoms with Crippen LogP contribution in [0.4, 0.5) is 5.69 Å². The Morgan fingerprint density at radius 2 is 1.88 bits per heavy atom. The second kappa shape index (κ2) is 4.75. The maximum Gasteiger partial charge on any atom is 0.252 e. The number of benzene rings is 1. The van der Waals surface area contributed by atoms with E-state index in [2.05, 4.69) is 21.2 Å². The molecule has 0 fully saturated rings. The van der Waals surface area contributed by atoms with Gasteiger partial charge in [0, 0.05) is 15.7 Å². The van der Waals surface area contributed by atoms with Gasteiger partial charge in [-0.3, -0.25) is 9.59 Å². The van der Waals surface area contributed by atoms with E-state index in [1.807, 2.05) is 0 Å². The molecule has 0 unspecified atom stereocenters. The van der Waals surface area contributed by atoms with Crippen LogP contribution in [0.15, 0.2) is 22.7 Å². The fraction of sp³-hybridized carbons (Fsp3) is 0.273. The minimum absolute atomic E-state index is 0.367. The van der Waals surface area contributed by atoms with Crippen LogP contribution in [0.25, 0.3) is 0 Å². The van der Waals surface area contributed by atoms with Gasteiger partial charge >= 0.3 is 0 Å². The van der Waals surface area contributed by atoms with Crippen molar-refractivity contribution in [3.05, 3.63) is 28.2 Å². The van der Waals surface area contributed by atoms with E-state index in [9.17, 15) is 9.59 Å². The normalized spacial score (nSPS) is 11.0. The second-order valence-electron chi connectivity index (χ2n) is 4.22. The number of nitrogens with two attached hydrogens (primary N) is 2. The molecule has 0 saturated carbocycles. The lowest BCUT2D eigenvalue weighted by molar-refractivity contribution is -0.122. The van der Waals surface area contributed by atoms with Crippen molar-refractivity contribution in [3.8, 4) is 0 Å². The Hall–Kier alpha value is -1.56. The lowest BCUT2D eigenvalue weighted by Crippen LogP contribution is -2.53. The Bertz CT molecular complexity index is 452. The minimum Gasteiger partial charge on any atom is -0.399 e. The molecule has 1 aromatic carbocycles. The van der Waals surface area contributed by atoms with E-state index in [1.165, 1.54) is 19.9 Å². The van der Waals surface area contributed by atoms with Crippen LogP contribution in [0.1, 0.15) is 24.2 Å². The number of anilines is 1. The predicted octanol–water partition coefficient (Wildman–Crippen LogP) is 1.03. The van der Waals surface area contributed by atoms with Gasteiger partial charge in [-0.15, -0.1) is 0 Å². The molecule has 6 heteroatoms. The van der Waals surface area contributed by atoms with Crippen LogP contribution < -0.4 is 16.8 Å². The molecule has 0 radical (unpaired) electrons. The quantitative estimate of drug-likeness (QED) is 0.727. The van der Waals surface area contributed by atoms with E-state index >= 15 is 0 Å². The van der Waals surface area contributed by atoms with Crippen molar-refractivity contribution in [2.24, 2.45) is 5.73 Å². The molecular formula is C11H14BrN3O2. The Morgan fingerprint density at radius 1 is 1.29 bits per heavy atom. The van der Waals surface area contributed by atoms with E-state index in [-0.39, 0.29) is 0 Å². The Morgan fingerprint density at radius 3 is 2.35 bits per heavy atom. The lowest BCUT2D eigenvalue weighted by Gasteiger charge is -2.22. The zero-order valence-electron chi connectivity index (χ0n) is 9.58. The number of rotatable bonds is 3. The van der Waals surface area contributed by atoms with Gasteiger partial charge < -0.3 is 16.8 Å². The maximum absolute atomic E-state index is 11.9. The minimum atomic E-state index is -1.10. The third kappa shape index (κ3) is 3.45. The Labute approximate surface area is 108 Å². The largest absolute Gasteiger partial charge is 0.399 e. The topological polar surface area (TPSA) is 98.2 Å². The van der Waals surface area contributed by atoms with Crippen LogP contribution in [-0.2, 0) is 4.79 Å². The molecule has 92 valence electrons. The molecule has 1 rings (SSSR count). The Balaban J connectivity index is 2.94. The molecule has 17 heavy (non-hydrogen) atoms. The van der Waals surface area contributed by atoms with Gasteiger partial charge in [0.05, 0.1) is 0 Å². The first-order chi connectivity index (χ1) is 7.72. The number of primary amides is 1. The van der Waals surface area contributed by atoms with Crippen molar-refractivity contribution in [3.63, 3.8) is 0 Å². The van der Waals surface area contributed by atoms with Crippen molar-refractivity contribution < 1.29 is 9.59 Å². The summed E-state index contributed by atoms with van der Waals surface area (Å²) in [5.74, 6) is -1.00. The highest BCUT2D eigenvalue weighted by Crippen LogP contribution is 2.17. The molecular weight excluding hydrogens is 286 g/mol. The summed E-state index contributed by atoms with van der Waals surface area (Å²) in [6.07, 6.45) is 0. The summed E-state index contributed by atoms with van der Waals surface area (Å²) in [5.41, 5.74) is 10.5. The van der Waals surface area contributed by atoms with Crippen LogP contribution in [0.5, 0.6) is 0 Å². The number of halogens is 1. The number of hydrogen-bond acceptors (Lipinski definition) is 3. The Kier molecular flexibility index (Phi) is 3.77. The van der Waals surface area contributed by atoms with Gasteiger partial charge in [-0.1, -0.05) is 15.9 Å². The molecule has 1 aromatic rings. The lowest BCUT2D eigenvalue weighted by atomic mass is 10.0. The average molecular weight is 300 g/mol. The molecule has 0 aromatic heterocycles. The summed E-state index contributed by atoms with van der Waals surface area (Å²) in [4.78, 5) is 23.0. The fourth-order valence-electron chi connectivity index (χ4n) is 1.16. The second-order valence-corrected chi connectivity index (χ2v) is 5.13. The van der Waals surface area contributed by atoms with Crippen LogP contribution in [0.2, 0.25) is 0 Å². The van der Waals surface area contributed by atoms with Gasteiger partial charge in [-0.25, -0.2) is 0 Å². The highest BCUT2D eigenvalue weighted by molar-refractivity contribution is 9.10. The zero-order chi connectivity index (χ0) is 13.2. The first-order valence-corrected chi connectivity index (χ1v) is 5.70. The third-order valence-corrected chi connectivity index (χ3v) is 2.68. The number of carbonyl (C=O) groups excluding carboxylic acids is 2. The molecule has 0 aliphatic carbocycles. The van der Waals surface area contributed by atoms with Crippen LogP contribution in [0, 0.1) is 0 Å². The number of nitrogen functional groups attached to an aromatic ring is 1. The summed E-state index contributed by atoms with van der Waals surface area (Å²) in [6, 6.07) is 4.82. The molecule has 0 saturated heterocycles. The van der Waals surface area contributed by atoms with Gasteiger partial charge in [0.25, 0.3) is 5.91 Å². The number of amides is 2. The van der Waals surface area contributed by atoms with Gasteiger partial charge in [0.15, 0.2) is 0 Å². The van der Waals surface area contributed by atoms with Gasteiger partial charge in [0.2, 0.25) is 5.91 Å². The van der Waals surface area contributed by atoms with E-state index in [0.717, 1.165) is 0 Å². The summed E-state index contributed by atoms with van der Waals surface area (Å²) in [5, 5.41) is 2.54. The molecule has 0 atom stereocenters. The molecule has 5 N–H and O–H groups in total. The molecule has 2 amide bonds. The summed E-state index contributed by atoms with van der Waals surface area (Å²) in [7, 11) is 0. The number of hydrogen-bond donors (Lipinski definition) is 3. The number of nitrogens with one attached hydrogen (secondary N) is 1. The zero-order valence-corrected chi connectivity index (χ0v) is 11.2.